The molecule has 0 saturated heterocycles. The molecule has 0 saturated carbocycles. The van der Waals surface area contributed by atoms with Crippen molar-refractivity contribution in [2.24, 2.45) is 0 Å². The molecule has 4 aromatic rings. The van der Waals surface area contributed by atoms with Crippen LogP contribution in [0.3, 0.4) is 0 Å². The Kier molecular flexibility index (Phi) is 3.71. The monoisotopic (exact) mass is 386 g/mol. The second-order valence-electron chi connectivity index (χ2n) is 6.55. The third-order valence-corrected chi connectivity index (χ3v) is 7.21. The van der Waals surface area contributed by atoms with Gasteiger partial charge < -0.3 is 4.90 Å². The number of pyridine rings is 1. The van der Waals surface area contributed by atoms with Crippen LogP contribution in [0.2, 0.25) is 0 Å². The van der Waals surface area contributed by atoms with E-state index < -0.39 is 0 Å². The van der Waals surface area contributed by atoms with E-state index in [-0.39, 0.29) is 0 Å². The Morgan fingerprint density at radius 3 is 2.70 bits per heavy atom. The summed E-state index contributed by atoms with van der Waals surface area (Å²) in [5.74, 6) is 0. The molecule has 5 heteroatoms. The molecular formula is C22H16N3S2+. The van der Waals surface area contributed by atoms with E-state index in [0.717, 1.165) is 32.2 Å². The smallest absolute Gasteiger partial charge is 0.287 e. The van der Waals surface area contributed by atoms with Crippen LogP contribution in [0.15, 0.2) is 64.5 Å². The normalized spacial score (nSPS) is 14.9. The van der Waals surface area contributed by atoms with Crippen LogP contribution in [-0.2, 0) is 0 Å². The van der Waals surface area contributed by atoms with Crippen molar-refractivity contribution in [3.05, 3.63) is 76.4 Å². The number of thioether (sulfide) groups is 1. The van der Waals surface area contributed by atoms with Crippen LogP contribution in [-0.4, -0.2) is 7.05 Å². The van der Waals surface area contributed by atoms with E-state index in [4.69, 9.17) is 0 Å². The van der Waals surface area contributed by atoms with Crippen LogP contribution in [0, 0.1) is 18.3 Å². The van der Waals surface area contributed by atoms with E-state index in [1.807, 2.05) is 12.1 Å². The number of hydrogen-bond acceptors (Lipinski definition) is 4. The first-order valence-electron chi connectivity index (χ1n) is 8.66. The number of benzene rings is 2. The lowest BCUT2D eigenvalue weighted by atomic mass is 10.1. The number of aryl methyl sites for hydroxylation is 1. The zero-order chi connectivity index (χ0) is 18.5. The zero-order valence-corrected chi connectivity index (χ0v) is 16.6. The third kappa shape index (κ3) is 2.45. The molecule has 0 atom stereocenters. The minimum atomic E-state index is 0.735. The highest BCUT2D eigenvalue weighted by Gasteiger charge is 2.25. The van der Waals surface area contributed by atoms with E-state index >= 15 is 0 Å². The number of hydrogen-bond donors (Lipinski definition) is 0. The average Bonchev–Trinajstić information content (AvgIpc) is 3.21. The predicted octanol–water partition coefficient (Wildman–Crippen LogP) is 5.36. The maximum Gasteiger partial charge on any atom is 0.287 e. The van der Waals surface area contributed by atoms with Gasteiger partial charge in [0.1, 0.15) is 16.3 Å². The molecule has 0 radical (unpaired) electrons. The number of nitriles is 1. The highest BCUT2D eigenvalue weighted by atomic mass is 32.2. The number of anilines is 1. The third-order valence-electron chi connectivity index (χ3n) is 4.90. The molecule has 27 heavy (non-hydrogen) atoms. The zero-order valence-electron chi connectivity index (χ0n) is 14.9. The summed E-state index contributed by atoms with van der Waals surface area (Å²) < 4.78 is 3.39. The fourth-order valence-corrected chi connectivity index (χ4v) is 5.91. The first kappa shape index (κ1) is 16.4. The van der Waals surface area contributed by atoms with Crippen LogP contribution < -0.4 is 9.30 Å². The molecule has 0 amide bonds. The molecule has 0 unspecified atom stereocenters. The van der Waals surface area contributed by atoms with E-state index in [1.54, 1.807) is 23.1 Å². The molecule has 1 aliphatic rings. The Labute approximate surface area is 165 Å². The van der Waals surface area contributed by atoms with Gasteiger partial charge in [-0.05, 0) is 24.3 Å². The molecule has 5 rings (SSSR count). The lowest BCUT2D eigenvalue weighted by molar-refractivity contribution is -0.486. The van der Waals surface area contributed by atoms with Crippen LogP contribution in [0.5, 0.6) is 0 Å². The van der Waals surface area contributed by atoms with Gasteiger partial charge in [0.05, 0.1) is 10.7 Å². The number of fused-ring (bicyclic) bond motifs is 4. The van der Waals surface area contributed by atoms with Crippen molar-refractivity contribution in [2.45, 2.75) is 11.8 Å². The maximum absolute atomic E-state index is 9.94. The highest BCUT2D eigenvalue weighted by molar-refractivity contribution is 8.03. The van der Waals surface area contributed by atoms with Gasteiger partial charge in [-0.3, -0.25) is 0 Å². The summed E-state index contributed by atoms with van der Waals surface area (Å²) in [7, 11) is 2.08. The standard InChI is InChI=1S/C22H16N3S2/c1-14-11-15(12-21-24(2)17-7-3-5-9-19(17)26-21)16(13-23)22-25(14)18-8-4-6-10-20(18)27-22/h3-12H,1-2H3/q+1. The Balaban J connectivity index is 1.73. The van der Waals surface area contributed by atoms with Crippen LogP contribution in [0.25, 0.3) is 21.1 Å². The largest absolute Gasteiger partial charge is 0.338 e. The second kappa shape index (κ2) is 6.12. The minimum Gasteiger partial charge on any atom is -0.338 e. The summed E-state index contributed by atoms with van der Waals surface area (Å²) in [6.45, 7) is 2.11. The van der Waals surface area contributed by atoms with E-state index in [9.17, 15) is 5.26 Å². The van der Waals surface area contributed by atoms with Gasteiger partial charge in [0.15, 0.2) is 5.69 Å². The number of thiazole rings is 1. The SMILES string of the molecule is Cc1cc(/C=C2\Sc3ccccc3N2C)c(C#N)c2sc3ccccc3[n+]12. The maximum atomic E-state index is 9.94. The van der Waals surface area contributed by atoms with E-state index in [1.165, 1.54) is 15.3 Å². The number of nitrogens with zero attached hydrogens (tertiary/aromatic N) is 3. The van der Waals surface area contributed by atoms with Gasteiger partial charge in [-0.25, -0.2) is 0 Å². The Morgan fingerprint density at radius 1 is 1.11 bits per heavy atom. The van der Waals surface area contributed by atoms with Crippen LogP contribution >= 0.6 is 23.1 Å². The van der Waals surface area contributed by atoms with Crippen molar-refractivity contribution in [3.63, 3.8) is 0 Å². The lowest BCUT2D eigenvalue weighted by Gasteiger charge is -2.13. The molecule has 2 aromatic carbocycles. The number of rotatable bonds is 1. The number of para-hydroxylation sites is 2. The molecule has 3 nitrogen and oxygen atoms in total. The second-order valence-corrected chi connectivity index (χ2v) is 8.64. The first-order valence-corrected chi connectivity index (χ1v) is 10.3. The van der Waals surface area contributed by atoms with Crippen molar-refractivity contribution in [1.29, 1.82) is 5.26 Å². The van der Waals surface area contributed by atoms with Crippen molar-refractivity contribution in [3.8, 4) is 6.07 Å². The predicted molar refractivity (Wildman–Crippen MR) is 113 cm³/mol. The summed E-state index contributed by atoms with van der Waals surface area (Å²) in [5, 5.41) is 11.1. The van der Waals surface area contributed by atoms with Crippen molar-refractivity contribution in [1.82, 2.24) is 0 Å². The fraction of sp³-hybridized carbons (Fsp3) is 0.0909. The fourth-order valence-electron chi connectivity index (χ4n) is 3.59. The van der Waals surface area contributed by atoms with Gasteiger partial charge in [-0.1, -0.05) is 47.4 Å². The topological polar surface area (TPSA) is 31.1 Å². The van der Waals surface area contributed by atoms with Gasteiger partial charge >= 0.3 is 0 Å². The van der Waals surface area contributed by atoms with Crippen molar-refractivity contribution < 1.29 is 4.40 Å². The Morgan fingerprint density at radius 2 is 1.89 bits per heavy atom. The van der Waals surface area contributed by atoms with Crippen LogP contribution in [0.4, 0.5) is 5.69 Å². The van der Waals surface area contributed by atoms with Crippen LogP contribution in [0.1, 0.15) is 16.8 Å². The molecule has 0 N–H and O–H groups in total. The quantitative estimate of drug-likeness (QED) is 0.413. The number of aromatic nitrogens is 1. The molecule has 3 heterocycles. The molecule has 0 aliphatic carbocycles. The molecular weight excluding hydrogens is 370 g/mol. The minimum absolute atomic E-state index is 0.735. The summed E-state index contributed by atoms with van der Waals surface area (Å²) in [6.07, 6.45) is 2.14. The summed E-state index contributed by atoms with van der Waals surface area (Å²) in [5.41, 5.74) is 5.21. The molecule has 2 aromatic heterocycles. The summed E-state index contributed by atoms with van der Waals surface area (Å²) in [4.78, 5) is 4.45. The van der Waals surface area contributed by atoms with Gasteiger partial charge in [-0.15, -0.1) is 4.40 Å². The lowest BCUT2D eigenvalue weighted by Crippen LogP contribution is -2.25. The molecule has 0 spiro atoms. The van der Waals surface area contributed by atoms with E-state index in [0.29, 0.717) is 0 Å². The van der Waals surface area contributed by atoms with Gasteiger partial charge in [0.2, 0.25) is 5.52 Å². The molecule has 1 aliphatic heterocycles. The molecule has 130 valence electrons. The molecule has 0 fully saturated rings. The van der Waals surface area contributed by atoms with E-state index in [2.05, 4.69) is 77.9 Å². The first-order chi connectivity index (χ1) is 13.2. The van der Waals surface area contributed by atoms with Gasteiger partial charge in [0.25, 0.3) is 4.83 Å². The van der Waals surface area contributed by atoms with Crippen molar-refractivity contribution in [2.75, 3.05) is 11.9 Å². The Bertz CT molecular complexity index is 1290. The van der Waals surface area contributed by atoms with Crippen molar-refractivity contribution >= 4 is 49.9 Å². The van der Waals surface area contributed by atoms with Gasteiger partial charge in [0, 0.05) is 36.6 Å². The van der Waals surface area contributed by atoms with Gasteiger partial charge in [-0.2, -0.15) is 5.26 Å². The highest BCUT2D eigenvalue weighted by Crippen LogP contribution is 2.45. The molecule has 0 bridgehead atoms. The summed E-state index contributed by atoms with van der Waals surface area (Å²) >= 11 is 3.43. The summed E-state index contributed by atoms with van der Waals surface area (Å²) in [6, 6.07) is 21.3. The Hall–Kier alpha value is -2.81. The average molecular weight is 387 g/mol.